The summed E-state index contributed by atoms with van der Waals surface area (Å²) in [5, 5.41) is 15.8. The maximum atomic E-state index is 13.3. The van der Waals surface area contributed by atoms with Crippen molar-refractivity contribution in [1.29, 1.82) is 0 Å². The predicted molar refractivity (Wildman–Crippen MR) is 152 cm³/mol. The molecule has 0 fully saturated rings. The molecule has 1 aromatic heterocycles. The van der Waals surface area contributed by atoms with E-state index in [1.54, 1.807) is 54.7 Å². The van der Waals surface area contributed by atoms with Crippen LogP contribution in [-0.4, -0.2) is 21.8 Å². The van der Waals surface area contributed by atoms with Gasteiger partial charge in [-0.25, -0.2) is 5.43 Å². The fraction of sp³-hybridized carbons (Fsp3) is 0.0909. The second-order valence-corrected chi connectivity index (χ2v) is 9.22. The largest absolute Gasteiger partial charge is 0.372 e. The summed E-state index contributed by atoms with van der Waals surface area (Å²) in [6.07, 6.45) is 1.62. The number of nitrogens with zero attached hydrogens (tertiary/aromatic N) is 2. The Hall–Kier alpha value is -4.74. The van der Waals surface area contributed by atoms with E-state index in [9.17, 15) is 9.90 Å². The first kappa shape index (κ1) is 24.9. The van der Waals surface area contributed by atoms with Crippen molar-refractivity contribution >= 4 is 12.1 Å². The van der Waals surface area contributed by atoms with E-state index in [0.29, 0.717) is 11.1 Å². The van der Waals surface area contributed by atoms with Crippen molar-refractivity contribution in [3.63, 3.8) is 0 Å². The summed E-state index contributed by atoms with van der Waals surface area (Å²) in [6, 6.07) is 38.5. The molecule has 0 saturated carbocycles. The lowest BCUT2D eigenvalue weighted by Gasteiger charge is -2.27. The zero-order valence-corrected chi connectivity index (χ0v) is 21.4. The molecule has 0 unspecified atom stereocenters. The second kappa shape index (κ2) is 10.7. The third-order valence-electron chi connectivity index (χ3n) is 6.78. The number of benzene rings is 4. The zero-order chi connectivity index (χ0) is 26.5. The van der Waals surface area contributed by atoms with Gasteiger partial charge < -0.3 is 9.67 Å². The molecule has 1 amide bonds. The van der Waals surface area contributed by atoms with Crippen molar-refractivity contribution in [1.82, 2.24) is 9.99 Å². The van der Waals surface area contributed by atoms with E-state index in [-0.39, 0.29) is 0 Å². The highest BCUT2D eigenvalue weighted by Crippen LogP contribution is 2.30. The van der Waals surface area contributed by atoms with E-state index in [2.05, 4.69) is 51.5 Å². The molecule has 188 valence electrons. The zero-order valence-electron chi connectivity index (χ0n) is 21.4. The third kappa shape index (κ3) is 4.80. The average Bonchev–Trinajstić information content (AvgIpc) is 3.26. The van der Waals surface area contributed by atoms with Gasteiger partial charge in [-0.05, 0) is 54.3 Å². The maximum absolute atomic E-state index is 13.3. The summed E-state index contributed by atoms with van der Waals surface area (Å²) in [6.45, 7) is 4.06. The third-order valence-corrected chi connectivity index (χ3v) is 6.78. The van der Waals surface area contributed by atoms with Crippen LogP contribution in [0.5, 0.6) is 0 Å². The molecular weight excluding hydrogens is 470 g/mol. The first-order valence-electron chi connectivity index (χ1n) is 12.5. The Morgan fingerprint density at radius 1 is 0.763 bits per heavy atom. The van der Waals surface area contributed by atoms with Gasteiger partial charge in [0.15, 0.2) is 5.60 Å². The number of amides is 1. The van der Waals surface area contributed by atoms with E-state index < -0.39 is 11.5 Å². The summed E-state index contributed by atoms with van der Waals surface area (Å²) >= 11 is 0. The van der Waals surface area contributed by atoms with E-state index >= 15 is 0 Å². The van der Waals surface area contributed by atoms with Crippen molar-refractivity contribution in [3.8, 4) is 16.8 Å². The topological polar surface area (TPSA) is 66.6 Å². The number of aliphatic hydroxyl groups is 1. The molecule has 5 rings (SSSR count). The van der Waals surface area contributed by atoms with Crippen LogP contribution < -0.4 is 5.43 Å². The number of hydrogen-bond acceptors (Lipinski definition) is 3. The van der Waals surface area contributed by atoms with E-state index in [0.717, 1.165) is 28.2 Å². The monoisotopic (exact) mass is 499 g/mol. The van der Waals surface area contributed by atoms with Gasteiger partial charge in [-0.15, -0.1) is 0 Å². The Morgan fingerprint density at radius 3 is 1.82 bits per heavy atom. The van der Waals surface area contributed by atoms with Crippen molar-refractivity contribution in [3.05, 3.63) is 149 Å². The molecule has 5 heteroatoms. The van der Waals surface area contributed by atoms with Gasteiger partial charge in [0.05, 0.1) is 6.21 Å². The van der Waals surface area contributed by atoms with Crippen LogP contribution in [0.3, 0.4) is 0 Å². The number of hydrazone groups is 1. The lowest BCUT2D eigenvalue weighted by atomic mass is 9.85. The van der Waals surface area contributed by atoms with Crippen LogP contribution in [0.4, 0.5) is 0 Å². The summed E-state index contributed by atoms with van der Waals surface area (Å²) < 4.78 is 2.15. The average molecular weight is 500 g/mol. The molecule has 1 heterocycles. The number of aryl methyl sites for hydroxylation is 1. The van der Waals surface area contributed by atoms with Gasteiger partial charge in [0.1, 0.15) is 0 Å². The molecule has 0 aliphatic rings. The molecule has 2 N–H and O–H groups in total. The Bertz CT molecular complexity index is 1520. The Kier molecular flexibility index (Phi) is 7.03. The van der Waals surface area contributed by atoms with Gasteiger partial charge in [-0.3, -0.25) is 4.79 Å². The summed E-state index contributed by atoms with van der Waals surface area (Å²) in [4.78, 5) is 13.3. The van der Waals surface area contributed by atoms with Crippen LogP contribution in [0.2, 0.25) is 0 Å². The number of rotatable bonds is 7. The molecule has 0 saturated heterocycles. The van der Waals surface area contributed by atoms with Gasteiger partial charge in [0.2, 0.25) is 0 Å². The van der Waals surface area contributed by atoms with Crippen molar-refractivity contribution in [2.75, 3.05) is 0 Å². The van der Waals surface area contributed by atoms with Crippen molar-refractivity contribution in [2.24, 2.45) is 5.10 Å². The van der Waals surface area contributed by atoms with Crippen LogP contribution in [0, 0.1) is 13.8 Å². The molecule has 0 atom stereocenters. The Labute approximate surface area is 222 Å². The molecule has 5 aromatic rings. The molecular formula is C33H29N3O2. The van der Waals surface area contributed by atoms with E-state index in [1.807, 2.05) is 50.2 Å². The van der Waals surface area contributed by atoms with Crippen molar-refractivity contribution in [2.45, 2.75) is 19.4 Å². The number of aromatic nitrogens is 1. The fourth-order valence-electron chi connectivity index (χ4n) is 4.78. The van der Waals surface area contributed by atoms with Gasteiger partial charge in [0.25, 0.3) is 5.91 Å². The number of carbonyl (C=O) groups is 1. The SMILES string of the molecule is Cc1cc(C=NNC(=O)C(O)(c2ccccc2)c2ccccc2)c(C)n1-c1ccc(-c2ccccc2)cc1. The molecule has 4 aromatic carbocycles. The van der Waals surface area contributed by atoms with Gasteiger partial charge in [-0.1, -0.05) is 103 Å². The number of hydrogen-bond donors (Lipinski definition) is 2. The van der Waals surface area contributed by atoms with Gasteiger partial charge >= 0.3 is 0 Å². The van der Waals surface area contributed by atoms with Crippen LogP contribution in [-0.2, 0) is 10.4 Å². The summed E-state index contributed by atoms with van der Waals surface area (Å²) in [5.41, 5.74) is 7.92. The highest BCUT2D eigenvalue weighted by atomic mass is 16.3. The lowest BCUT2D eigenvalue weighted by Crippen LogP contribution is -2.43. The predicted octanol–water partition coefficient (Wildman–Crippen LogP) is 6.15. The Balaban J connectivity index is 1.38. The van der Waals surface area contributed by atoms with Crippen LogP contribution in [0.1, 0.15) is 28.1 Å². The van der Waals surface area contributed by atoms with Crippen molar-refractivity contribution < 1.29 is 9.90 Å². The molecule has 0 aliphatic heterocycles. The maximum Gasteiger partial charge on any atom is 0.281 e. The van der Waals surface area contributed by atoms with Crippen LogP contribution in [0.25, 0.3) is 16.8 Å². The minimum Gasteiger partial charge on any atom is -0.372 e. The molecule has 0 bridgehead atoms. The first-order chi connectivity index (χ1) is 18.5. The first-order valence-corrected chi connectivity index (χ1v) is 12.5. The summed E-state index contributed by atoms with van der Waals surface area (Å²) in [5.74, 6) is -0.628. The summed E-state index contributed by atoms with van der Waals surface area (Å²) in [7, 11) is 0. The van der Waals surface area contributed by atoms with Gasteiger partial charge in [0, 0.05) is 22.6 Å². The molecule has 38 heavy (non-hydrogen) atoms. The highest BCUT2D eigenvalue weighted by Gasteiger charge is 2.39. The fourth-order valence-corrected chi connectivity index (χ4v) is 4.78. The highest BCUT2D eigenvalue weighted by molar-refractivity contribution is 5.91. The van der Waals surface area contributed by atoms with Gasteiger partial charge in [-0.2, -0.15) is 5.10 Å². The minimum atomic E-state index is -1.88. The molecule has 5 nitrogen and oxygen atoms in total. The molecule has 0 aliphatic carbocycles. The minimum absolute atomic E-state index is 0.469. The standard InChI is InChI=1S/C33H29N3O2/c1-24-22-28(25(2)36(24)31-20-18-27(19-21-31)26-12-6-3-7-13-26)23-34-35-32(37)33(38,29-14-8-4-9-15-29)30-16-10-5-11-17-30/h3-23,38H,1-2H3,(H,35,37). The Morgan fingerprint density at radius 2 is 1.26 bits per heavy atom. The van der Waals surface area contributed by atoms with E-state index in [1.165, 1.54) is 5.56 Å². The lowest BCUT2D eigenvalue weighted by molar-refractivity contribution is -0.136. The smallest absolute Gasteiger partial charge is 0.281 e. The number of nitrogens with one attached hydrogen (secondary N) is 1. The number of carbonyl (C=O) groups excluding carboxylic acids is 1. The molecule has 0 spiro atoms. The molecule has 0 radical (unpaired) electrons. The quantitative estimate of drug-likeness (QED) is 0.208. The van der Waals surface area contributed by atoms with E-state index in [4.69, 9.17) is 0 Å². The normalized spacial score (nSPS) is 11.6. The van der Waals surface area contributed by atoms with Crippen LogP contribution >= 0.6 is 0 Å². The second-order valence-electron chi connectivity index (χ2n) is 9.22. The van der Waals surface area contributed by atoms with Crippen LogP contribution in [0.15, 0.2) is 126 Å².